The lowest BCUT2D eigenvalue weighted by Crippen LogP contribution is -2.66. The number of nitrogens with one attached hydrogen (secondary N) is 1. The van der Waals surface area contributed by atoms with Crippen LogP contribution < -0.4 is 5.32 Å². The zero-order valence-electron chi connectivity index (χ0n) is 54.3. The minimum atomic E-state index is -1.97. The molecule has 17 atom stereocenters. The molecular weight excluding hydrogens is 1120 g/mol. The summed E-state index contributed by atoms with van der Waals surface area (Å²) >= 11 is 0. The molecule has 3 fully saturated rings. The molecule has 0 aromatic carbocycles. The highest BCUT2D eigenvalue weighted by Gasteiger charge is 2.53. The molecule has 17 unspecified atom stereocenters. The molecule has 87 heavy (non-hydrogen) atoms. The van der Waals surface area contributed by atoms with Crippen LogP contribution in [0.3, 0.4) is 0 Å². The first-order chi connectivity index (χ1) is 42.3. The van der Waals surface area contributed by atoms with Gasteiger partial charge in [-0.15, -0.1) is 0 Å². The van der Waals surface area contributed by atoms with Crippen molar-refractivity contribution in [3.8, 4) is 0 Å². The minimum Gasteiger partial charge on any atom is -0.394 e. The van der Waals surface area contributed by atoms with Gasteiger partial charge in [0.25, 0.3) is 0 Å². The van der Waals surface area contributed by atoms with Crippen LogP contribution in [0.15, 0.2) is 12.2 Å². The van der Waals surface area contributed by atoms with E-state index >= 15 is 0 Å². The van der Waals surface area contributed by atoms with Crippen LogP contribution in [0.4, 0.5) is 0 Å². The van der Waals surface area contributed by atoms with Crippen LogP contribution in [0.25, 0.3) is 0 Å². The lowest BCUT2D eigenvalue weighted by molar-refractivity contribution is -0.379. The van der Waals surface area contributed by atoms with Crippen LogP contribution in [0.5, 0.6) is 0 Å². The average molecular weight is 1250 g/mol. The van der Waals surface area contributed by atoms with E-state index in [1.165, 1.54) is 212 Å². The fourth-order valence-electron chi connectivity index (χ4n) is 12.3. The Hall–Kier alpha value is -1.47. The van der Waals surface area contributed by atoms with Crippen LogP contribution >= 0.6 is 0 Å². The predicted octanol–water partition coefficient (Wildman–Crippen LogP) is 9.28. The lowest BCUT2D eigenvalue weighted by Gasteiger charge is -2.48. The van der Waals surface area contributed by atoms with Crippen molar-refractivity contribution in [2.24, 2.45) is 0 Å². The first-order valence-electron chi connectivity index (χ1n) is 35.4. The van der Waals surface area contributed by atoms with E-state index in [2.05, 4.69) is 19.2 Å². The Morgan fingerprint density at radius 1 is 0.402 bits per heavy atom. The highest BCUT2D eigenvalue weighted by Crippen LogP contribution is 2.33. The summed E-state index contributed by atoms with van der Waals surface area (Å²) in [7, 11) is 0. The van der Waals surface area contributed by atoms with Crippen molar-refractivity contribution in [2.45, 2.75) is 388 Å². The molecule has 514 valence electrons. The Bertz CT molecular complexity index is 1630. The minimum absolute atomic E-state index is 0.249. The third-order valence-corrected chi connectivity index (χ3v) is 18.1. The van der Waals surface area contributed by atoms with E-state index in [1.54, 1.807) is 6.08 Å². The van der Waals surface area contributed by atoms with Crippen molar-refractivity contribution < 1.29 is 89.4 Å². The maximum absolute atomic E-state index is 13.4. The average Bonchev–Trinajstić information content (AvgIpc) is 3.30. The highest BCUT2D eigenvalue weighted by molar-refractivity contribution is 5.76. The zero-order chi connectivity index (χ0) is 63.3. The third kappa shape index (κ3) is 33.3. The van der Waals surface area contributed by atoms with Crippen molar-refractivity contribution in [2.75, 3.05) is 26.4 Å². The number of allylic oxidation sites excluding steroid dienone is 1. The quantitative estimate of drug-likeness (QED) is 0.0199. The van der Waals surface area contributed by atoms with Gasteiger partial charge in [0.15, 0.2) is 18.9 Å². The summed E-state index contributed by atoms with van der Waals surface area (Å²) in [6, 6.07) is -0.967. The second-order valence-corrected chi connectivity index (χ2v) is 25.7. The van der Waals surface area contributed by atoms with Crippen LogP contribution in [0.2, 0.25) is 0 Å². The summed E-state index contributed by atoms with van der Waals surface area (Å²) in [4.78, 5) is 13.4. The molecule has 19 nitrogen and oxygen atoms in total. The number of hydrogen-bond donors (Lipinski definition) is 12. The van der Waals surface area contributed by atoms with Gasteiger partial charge in [0.05, 0.1) is 38.6 Å². The molecular formula is C68H129NO18. The lowest BCUT2D eigenvalue weighted by atomic mass is 9.96. The Morgan fingerprint density at radius 3 is 1.08 bits per heavy atom. The van der Waals surface area contributed by atoms with Gasteiger partial charge in [0, 0.05) is 6.42 Å². The molecule has 3 heterocycles. The van der Waals surface area contributed by atoms with Gasteiger partial charge in [0.1, 0.15) is 73.2 Å². The second-order valence-electron chi connectivity index (χ2n) is 25.7. The molecule has 19 heteroatoms. The summed E-state index contributed by atoms with van der Waals surface area (Å²) in [6.07, 6.45) is 29.3. The SMILES string of the molecule is CCCCCCCCCCCC/C=C/C(O)C(COC1OC(CO)C(OC2OC(CO)C(OC3OC(CO)C(O)C(O)C3O)C(O)C2O)C(O)C1O)NC(=O)CCCCCCCCCCCCCCCCCCCCCCCCCCCCCCCC. The fraction of sp³-hybridized carbons (Fsp3) is 0.956. The number of hydrogen-bond acceptors (Lipinski definition) is 18. The molecule has 0 bridgehead atoms. The summed E-state index contributed by atoms with van der Waals surface area (Å²) < 4.78 is 34.3. The molecule has 3 aliphatic heterocycles. The molecule has 0 spiro atoms. The number of ether oxygens (including phenoxy) is 6. The van der Waals surface area contributed by atoms with E-state index < -0.39 is 124 Å². The van der Waals surface area contributed by atoms with Crippen molar-refractivity contribution in [1.29, 1.82) is 0 Å². The van der Waals surface area contributed by atoms with Crippen LogP contribution in [0.1, 0.15) is 284 Å². The summed E-state index contributed by atoms with van der Waals surface area (Å²) in [5.74, 6) is -0.270. The van der Waals surface area contributed by atoms with E-state index in [4.69, 9.17) is 28.4 Å². The fourth-order valence-corrected chi connectivity index (χ4v) is 12.3. The smallest absolute Gasteiger partial charge is 0.220 e. The van der Waals surface area contributed by atoms with E-state index in [0.717, 1.165) is 44.9 Å². The summed E-state index contributed by atoms with van der Waals surface area (Å²) in [5.41, 5.74) is 0. The Morgan fingerprint density at radius 2 is 0.713 bits per heavy atom. The third-order valence-electron chi connectivity index (χ3n) is 18.1. The molecule has 3 saturated heterocycles. The van der Waals surface area contributed by atoms with Gasteiger partial charge >= 0.3 is 0 Å². The van der Waals surface area contributed by atoms with Crippen LogP contribution in [-0.2, 0) is 33.2 Å². The number of amides is 1. The number of rotatable bonds is 55. The van der Waals surface area contributed by atoms with E-state index in [9.17, 15) is 61.0 Å². The Balaban J connectivity index is 1.36. The summed E-state index contributed by atoms with van der Waals surface area (Å²) in [6.45, 7) is 1.75. The highest BCUT2D eigenvalue weighted by atomic mass is 16.8. The number of aliphatic hydroxyl groups is 11. The molecule has 12 N–H and O–H groups in total. The van der Waals surface area contributed by atoms with Gasteiger partial charge in [-0.1, -0.05) is 270 Å². The van der Waals surface area contributed by atoms with E-state index in [-0.39, 0.29) is 18.9 Å². The van der Waals surface area contributed by atoms with Gasteiger partial charge in [-0.3, -0.25) is 4.79 Å². The number of unbranched alkanes of at least 4 members (excludes halogenated alkanes) is 39. The monoisotopic (exact) mass is 1250 g/mol. The molecule has 3 rings (SSSR count). The maximum atomic E-state index is 13.4. The van der Waals surface area contributed by atoms with Crippen molar-refractivity contribution >= 4 is 5.91 Å². The number of carbonyl (C=O) groups excluding carboxylic acids is 1. The topological polar surface area (TPSA) is 307 Å². The zero-order valence-corrected chi connectivity index (χ0v) is 54.3. The molecule has 3 aliphatic rings. The van der Waals surface area contributed by atoms with Crippen LogP contribution in [0, 0.1) is 0 Å². The first-order valence-corrected chi connectivity index (χ1v) is 35.4. The number of aliphatic hydroxyl groups excluding tert-OH is 11. The van der Waals surface area contributed by atoms with Gasteiger partial charge < -0.3 is 89.9 Å². The van der Waals surface area contributed by atoms with Crippen LogP contribution in [-0.4, -0.2) is 193 Å². The van der Waals surface area contributed by atoms with E-state index in [0.29, 0.717) is 6.42 Å². The van der Waals surface area contributed by atoms with Gasteiger partial charge in [-0.2, -0.15) is 0 Å². The standard InChI is InChI=1S/C68H129NO18/c1-3-5-7-9-11-13-15-17-18-19-20-21-22-23-24-25-26-27-28-29-30-31-32-33-34-36-38-40-42-44-46-56(74)69-51(52(73)45-43-41-39-37-35-16-14-12-10-8-6-4-2)50-82-66-62(80)59(77)64(54(48-71)84-66)87-68-63(81)60(78)65(55(49-72)85-68)86-67-61(79)58(76)57(75)53(47-70)83-67/h43,45,51-55,57-68,70-73,75-81H,3-42,44,46-50H2,1-2H3,(H,69,74)/b45-43+. The molecule has 0 radical (unpaired) electrons. The van der Waals surface area contributed by atoms with Gasteiger partial charge in [0.2, 0.25) is 5.91 Å². The van der Waals surface area contributed by atoms with Gasteiger partial charge in [-0.25, -0.2) is 0 Å². The predicted molar refractivity (Wildman–Crippen MR) is 337 cm³/mol. The van der Waals surface area contributed by atoms with E-state index in [1.807, 2.05) is 6.08 Å². The second kappa shape index (κ2) is 51.0. The van der Waals surface area contributed by atoms with Crippen molar-refractivity contribution in [3.05, 3.63) is 12.2 Å². The first kappa shape index (κ1) is 79.8. The molecule has 0 aromatic heterocycles. The molecule has 1 amide bonds. The maximum Gasteiger partial charge on any atom is 0.220 e. The molecule has 0 saturated carbocycles. The van der Waals surface area contributed by atoms with Gasteiger partial charge in [-0.05, 0) is 19.3 Å². The largest absolute Gasteiger partial charge is 0.394 e. The Labute approximate surface area is 525 Å². The normalized spacial score (nSPS) is 28.6. The molecule has 0 aliphatic carbocycles. The van der Waals surface area contributed by atoms with Crippen molar-refractivity contribution in [3.63, 3.8) is 0 Å². The summed E-state index contributed by atoms with van der Waals surface area (Å²) in [5, 5.41) is 120. The number of carbonyl (C=O) groups is 1. The van der Waals surface area contributed by atoms with Crippen molar-refractivity contribution in [1.82, 2.24) is 5.32 Å². The Kier molecular flexibility index (Phi) is 46.8. The molecule has 0 aromatic rings.